The minimum atomic E-state index is -0.526. The molecular weight excluding hydrogens is 384 g/mol. The first-order valence-corrected chi connectivity index (χ1v) is 8.93. The van der Waals surface area contributed by atoms with E-state index in [1.54, 1.807) is 18.4 Å². The molecule has 1 aliphatic carbocycles. The summed E-state index contributed by atoms with van der Waals surface area (Å²) in [6.07, 6.45) is 13.5. The van der Waals surface area contributed by atoms with Crippen LogP contribution in [0.15, 0.2) is 34.4 Å². The maximum atomic E-state index is 12.4. The first-order valence-electron chi connectivity index (χ1n) is 8.93. The predicted octanol–water partition coefficient (Wildman–Crippen LogP) is 0.643. The summed E-state index contributed by atoms with van der Waals surface area (Å²) in [4.78, 5) is 8.74. The molecule has 0 amide bonds. The number of rotatable bonds is 4. The van der Waals surface area contributed by atoms with Crippen LogP contribution < -0.4 is 10.2 Å². The number of hydrogen-bond donors (Lipinski definition) is 0. The van der Waals surface area contributed by atoms with Gasteiger partial charge < -0.3 is 36.3 Å². The van der Waals surface area contributed by atoms with E-state index in [-0.39, 0.29) is 52.5 Å². The fourth-order valence-electron chi connectivity index (χ4n) is 3.43. The Balaban J connectivity index is 0.00000169. The summed E-state index contributed by atoms with van der Waals surface area (Å²) in [5.41, 5.74) is 0. The minimum absolute atomic E-state index is 0. The summed E-state index contributed by atoms with van der Waals surface area (Å²) >= 11 is 0. The fraction of sp³-hybridized carbons (Fsp3) is 0.667. The first kappa shape index (κ1) is 22.7. The standard InChI is InChI=1S/C18H26N4O2.Cu.H2O/c23-17(15-9-3-5-11-19-15)21-13-7-1-2-8-14(13)22-18(24)16-10-4-6-12-20-16;;/h3,5,9,11,13-16H,1-2,4,6-8,10,12H2,(H,21,23)(H,22,24);;1H2/q-2;;/p-1. The summed E-state index contributed by atoms with van der Waals surface area (Å²) in [7, 11) is 0. The molecule has 26 heavy (non-hydrogen) atoms. The van der Waals surface area contributed by atoms with E-state index in [1.165, 1.54) is 0 Å². The third kappa shape index (κ3) is 6.13. The zero-order chi connectivity index (χ0) is 16.8. The van der Waals surface area contributed by atoms with Crippen LogP contribution in [0.25, 0.3) is 10.6 Å². The molecule has 2 aliphatic heterocycles. The number of hydrogen-bond acceptors (Lipinski definition) is 4. The van der Waals surface area contributed by atoms with Gasteiger partial charge in [0, 0.05) is 17.1 Å². The second-order valence-corrected chi connectivity index (χ2v) is 6.59. The van der Waals surface area contributed by atoms with Gasteiger partial charge in [-0.15, -0.1) is 12.6 Å². The number of allylic oxidation sites excluding steroid dienone is 2. The van der Waals surface area contributed by atoms with Gasteiger partial charge in [0.2, 0.25) is 0 Å². The topological polar surface area (TPSA) is 132 Å². The zero-order valence-electron chi connectivity index (χ0n) is 14.8. The molecule has 0 aromatic rings. The fourth-order valence-corrected chi connectivity index (χ4v) is 3.43. The van der Waals surface area contributed by atoms with Crippen molar-refractivity contribution in [3.8, 4) is 0 Å². The van der Waals surface area contributed by atoms with Crippen LogP contribution in [0, 0.1) is 0 Å². The monoisotopic (exact) mass is 410 g/mol. The van der Waals surface area contributed by atoms with E-state index in [4.69, 9.17) is 0 Å². The summed E-state index contributed by atoms with van der Waals surface area (Å²) < 4.78 is 0. The van der Waals surface area contributed by atoms with E-state index in [0.29, 0.717) is 0 Å². The van der Waals surface area contributed by atoms with Crippen LogP contribution in [0.3, 0.4) is 0 Å². The van der Waals surface area contributed by atoms with Gasteiger partial charge in [0.1, 0.15) is 0 Å². The van der Waals surface area contributed by atoms with Crippen LogP contribution in [0.2, 0.25) is 0 Å². The zero-order valence-corrected chi connectivity index (χ0v) is 15.7. The van der Waals surface area contributed by atoms with Crippen molar-refractivity contribution in [1.29, 1.82) is 0 Å². The van der Waals surface area contributed by atoms with E-state index in [9.17, 15) is 10.2 Å². The Morgan fingerprint density at radius 2 is 1.54 bits per heavy atom. The van der Waals surface area contributed by atoms with E-state index < -0.39 is 6.04 Å². The molecular formula is C18H27CuN4O3-3. The van der Waals surface area contributed by atoms with Crippen molar-refractivity contribution >= 4 is 11.8 Å². The van der Waals surface area contributed by atoms with Crippen molar-refractivity contribution < 1.29 is 32.8 Å². The molecule has 8 heteroatoms. The number of aliphatic imine (C=N–C) groups is 2. The van der Waals surface area contributed by atoms with Crippen LogP contribution >= 0.6 is 0 Å². The van der Waals surface area contributed by atoms with E-state index in [2.05, 4.69) is 20.6 Å². The Labute approximate surface area is 165 Å². The Hall–Kier alpha value is -1.34. The molecule has 4 atom stereocenters. The van der Waals surface area contributed by atoms with Crippen molar-refractivity contribution in [1.82, 2.24) is 0 Å². The molecule has 1 saturated carbocycles. The molecule has 0 spiro atoms. The normalized spacial score (nSPS) is 32.2. The summed E-state index contributed by atoms with van der Waals surface area (Å²) in [5.74, 6) is -0.364. The van der Waals surface area contributed by atoms with E-state index >= 15 is 0 Å². The maximum absolute atomic E-state index is 12.4. The van der Waals surface area contributed by atoms with Crippen LogP contribution in [0.4, 0.5) is 0 Å². The molecule has 3 rings (SSSR count). The van der Waals surface area contributed by atoms with Crippen molar-refractivity contribution in [2.75, 3.05) is 6.54 Å². The van der Waals surface area contributed by atoms with Gasteiger partial charge in [0.05, 0.1) is 12.1 Å². The smallest absolute Gasteiger partial charge is 0.0711 e. The largest absolute Gasteiger partial charge is 0.863 e. The molecule has 0 bridgehead atoms. The van der Waals surface area contributed by atoms with Gasteiger partial charge in [0.15, 0.2) is 0 Å². The second kappa shape index (κ2) is 11.4. The van der Waals surface area contributed by atoms with Crippen molar-refractivity contribution in [2.24, 2.45) is 9.98 Å². The Bertz CT molecular complexity index is 545. The molecule has 2 heterocycles. The molecule has 2 fully saturated rings. The Morgan fingerprint density at radius 1 is 0.885 bits per heavy atom. The minimum Gasteiger partial charge on any atom is -0.863 e. The molecule has 3 N–H and O–H groups in total. The molecule has 0 aromatic heterocycles. The average molecular weight is 411 g/mol. The van der Waals surface area contributed by atoms with E-state index in [0.717, 1.165) is 51.5 Å². The molecule has 1 saturated heterocycles. The van der Waals surface area contributed by atoms with Gasteiger partial charge in [-0.2, -0.15) is 6.20 Å². The SMILES string of the molecule is [Cu].[O-]C(=NC1CCCCC1N=C([O-])C1CCCC[N-]1)C1C=CC=C[N-]1.[OH3+]. The van der Waals surface area contributed by atoms with E-state index in [1.807, 2.05) is 6.08 Å². The Morgan fingerprint density at radius 3 is 2.12 bits per heavy atom. The Kier molecular flexibility index (Phi) is 9.94. The third-order valence-electron chi connectivity index (χ3n) is 4.79. The van der Waals surface area contributed by atoms with Crippen molar-refractivity contribution in [3.63, 3.8) is 0 Å². The summed E-state index contributed by atoms with van der Waals surface area (Å²) in [5, 5.41) is 33.2. The average Bonchev–Trinajstić information content (AvgIpc) is 2.64. The number of nitrogens with zero attached hydrogens (tertiary/aromatic N) is 4. The van der Waals surface area contributed by atoms with Gasteiger partial charge in [-0.1, -0.05) is 68.2 Å². The van der Waals surface area contributed by atoms with Crippen LogP contribution in [0.1, 0.15) is 44.9 Å². The van der Waals surface area contributed by atoms with Crippen molar-refractivity contribution in [3.05, 3.63) is 35.1 Å². The van der Waals surface area contributed by atoms with Gasteiger partial charge in [-0.25, -0.2) is 0 Å². The maximum Gasteiger partial charge on any atom is 0.0711 e. The van der Waals surface area contributed by atoms with Gasteiger partial charge in [-0.3, -0.25) is 0 Å². The molecule has 7 nitrogen and oxygen atoms in total. The molecule has 0 aromatic carbocycles. The van der Waals surface area contributed by atoms with Gasteiger partial charge in [0.25, 0.3) is 0 Å². The third-order valence-corrected chi connectivity index (χ3v) is 4.79. The van der Waals surface area contributed by atoms with Crippen LogP contribution in [-0.2, 0) is 22.5 Å². The predicted molar refractivity (Wildman–Crippen MR) is 97.1 cm³/mol. The molecule has 3 aliphatic rings. The summed E-state index contributed by atoms with van der Waals surface area (Å²) in [6, 6.07) is -1.19. The number of piperidine rings is 1. The quantitative estimate of drug-likeness (QED) is 0.291. The van der Waals surface area contributed by atoms with Crippen LogP contribution in [0.5, 0.6) is 0 Å². The second-order valence-electron chi connectivity index (χ2n) is 6.59. The molecule has 4 unspecified atom stereocenters. The van der Waals surface area contributed by atoms with Gasteiger partial charge in [-0.05, 0) is 12.8 Å². The molecule has 151 valence electrons. The van der Waals surface area contributed by atoms with Crippen LogP contribution in [-0.4, -0.2) is 42.5 Å². The first-order chi connectivity index (χ1) is 11.7. The summed E-state index contributed by atoms with van der Waals surface area (Å²) in [6.45, 7) is 0.756. The molecule has 1 radical (unpaired) electrons. The van der Waals surface area contributed by atoms with Gasteiger partial charge >= 0.3 is 0 Å². The van der Waals surface area contributed by atoms with Crippen molar-refractivity contribution in [2.45, 2.75) is 69.1 Å².